The molecule has 1 saturated heterocycles. The molecule has 0 spiro atoms. The van der Waals surface area contributed by atoms with Crippen molar-refractivity contribution in [1.82, 2.24) is 4.90 Å². The molecular formula is C28H29NO3. The molecule has 164 valence electrons. The molecule has 3 aromatic carbocycles. The molecule has 2 aliphatic rings. The minimum Gasteiger partial charge on any atom is -0.478 e. The van der Waals surface area contributed by atoms with E-state index in [1.807, 2.05) is 24.3 Å². The van der Waals surface area contributed by atoms with Crippen LogP contribution in [0.5, 0.6) is 0 Å². The molecular weight excluding hydrogens is 398 g/mol. The minimum atomic E-state index is -0.916. The first-order valence-electron chi connectivity index (χ1n) is 11.8. The molecule has 5 rings (SSSR count). The van der Waals surface area contributed by atoms with E-state index >= 15 is 0 Å². The number of hydrogen-bond acceptors (Lipinski definition) is 2. The molecule has 2 fully saturated rings. The third-order valence-electron chi connectivity index (χ3n) is 7.29. The number of nitrogens with zero attached hydrogens (tertiary/aromatic N) is 1. The van der Waals surface area contributed by atoms with E-state index in [0.29, 0.717) is 11.9 Å². The Morgan fingerprint density at radius 1 is 0.875 bits per heavy atom. The summed E-state index contributed by atoms with van der Waals surface area (Å²) in [4.78, 5) is 26.6. The smallest absolute Gasteiger partial charge is 0.335 e. The summed E-state index contributed by atoms with van der Waals surface area (Å²) in [6, 6.07) is 20.1. The number of hydrogen-bond donors (Lipinski definition) is 1. The number of carboxylic acid groups (broad SMARTS) is 1. The quantitative estimate of drug-likeness (QED) is 0.549. The first-order valence-corrected chi connectivity index (χ1v) is 11.8. The van der Waals surface area contributed by atoms with Gasteiger partial charge in [0.15, 0.2) is 0 Å². The van der Waals surface area contributed by atoms with Gasteiger partial charge in [0.05, 0.1) is 5.56 Å². The van der Waals surface area contributed by atoms with E-state index in [0.717, 1.165) is 48.7 Å². The van der Waals surface area contributed by atoms with Crippen LogP contribution in [0.25, 0.3) is 21.9 Å². The Morgan fingerprint density at radius 3 is 2.31 bits per heavy atom. The Morgan fingerprint density at radius 2 is 1.59 bits per heavy atom. The maximum atomic E-state index is 13.2. The van der Waals surface area contributed by atoms with Gasteiger partial charge in [-0.1, -0.05) is 67.8 Å². The van der Waals surface area contributed by atoms with Crippen LogP contribution >= 0.6 is 0 Å². The highest BCUT2D eigenvalue weighted by atomic mass is 16.4. The van der Waals surface area contributed by atoms with Gasteiger partial charge in [-0.05, 0) is 65.3 Å². The molecule has 32 heavy (non-hydrogen) atoms. The molecule has 0 unspecified atom stereocenters. The maximum Gasteiger partial charge on any atom is 0.335 e. The predicted octanol–water partition coefficient (Wildman–Crippen LogP) is 5.93. The fourth-order valence-electron chi connectivity index (χ4n) is 5.56. The van der Waals surface area contributed by atoms with Gasteiger partial charge in [-0.3, -0.25) is 4.79 Å². The summed E-state index contributed by atoms with van der Waals surface area (Å²) in [6.45, 7) is 0.903. The van der Waals surface area contributed by atoms with Crippen molar-refractivity contribution in [2.24, 2.45) is 5.92 Å². The third-order valence-corrected chi connectivity index (χ3v) is 7.29. The van der Waals surface area contributed by atoms with Crippen LogP contribution in [0.1, 0.15) is 54.4 Å². The Balaban J connectivity index is 1.42. The second kappa shape index (κ2) is 8.78. The van der Waals surface area contributed by atoms with Crippen LogP contribution in [0.3, 0.4) is 0 Å². The van der Waals surface area contributed by atoms with Gasteiger partial charge < -0.3 is 10.0 Å². The molecule has 1 N–H and O–H groups in total. The van der Waals surface area contributed by atoms with Gasteiger partial charge in [0.25, 0.3) is 0 Å². The van der Waals surface area contributed by atoms with Crippen molar-refractivity contribution in [2.45, 2.75) is 51.0 Å². The van der Waals surface area contributed by atoms with Crippen molar-refractivity contribution in [3.8, 4) is 11.1 Å². The highest BCUT2D eigenvalue weighted by molar-refractivity contribution is 5.99. The number of aromatic carboxylic acids is 1. The van der Waals surface area contributed by atoms with Gasteiger partial charge in [0, 0.05) is 18.5 Å². The van der Waals surface area contributed by atoms with Crippen LogP contribution in [0.2, 0.25) is 0 Å². The number of rotatable bonds is 5. The average Bonchev–Trinajstić information content (AvgIpc) is 3.20. The lowest BCUT2D eigenvalue weighted by atomic mass is 9.90. The Labute approximate surface area is 188 Å². The summed E-state index contributed by atoms with van der Waals surface area (Å²) in [5, 5.41) is 11.5. The van der Waals surface area contributed by atoms with E-state index in [4.69, 9.17) is 0 Å². The topological polar surface area (TPSA) is 57.6 Å². The van der Waals surface area contributed by atoms with Gasteiger partial charge in [-0.15, -0.1) is 0 Å². The zero-order valence-electron chi connectivity index (χ0n) is 18.3. The Hall–Kier alpha value is -3.14. The van der Waals surface area contributed by atoms with Crippen molar-refractivity contribution in [2.75, 3.05) is 6.54 Å². The molecule has 1 heterocycles. The van der Waals surface area contributed by atoms with Crippen LogP contribution in [-0.4, -0.2) is 34.5 Å². The molecule has 1 saturated carbocycles. The monoisotopic (exact) mass is 427 g/mol. The summed E-state index contributed by atoms with van der Waals surface area (Å²) < 4.78 is 0. The highest BCUT2D eigenvalue weighted by Gasteiger charge is 2.36. The average molecular weight is 428 g/mol. The molecule has 0 aromatic heterocycles. The van der Waals surface area contributed by atoms with Crippen LogP contribution in [0.15, 0.2) is 60.7 Å². The van der Waals surface area contributed by atoms with Gasteiger partial charge in [-0.25, -0.2) is 4.79 Å². The molecule has 1 amide bonds. The first-order chi connectivity index (χ1) is 15.6. The minimum absolute atomic E-state index is 0.0704. The summed E-state index contributed by atoms with van der Waals surface area (Å²) >= 11 is 0. The molecule has 0 bridgehead atoms. The lowest BCUT2D eigenvalue weighted by Gasteiger charge is -2.31. The van der Waals surface area contributed by atoms with E-state index in [1.165, 1.54) is 30.2 Å². The van der Waals surface area contributed by atoms with E-state index in [1.54, 1.807) is 12.1 Å². The molecule has 1 atom stereocenters. The lowest BCUT2D eigenvalue weighted by molar-refractivity contribution is -0.133. The lowest BCUT2D eigenvalue weighted by Crippen LogP contribution is -2.39. The molecule has 4 nitrogen and oxygen atoms in total. The van der Waals surface area contributed by atoms with E-state index in [9.17, 15) is 14.7 Å². The van der Waals surface area contributed by atoms with Crippen molar-refractivity contribution in [3.05, 3.63) is 71.8 Å². The number of carbonyl (C=O) groups excluding carboxylic acids is 1. The number of carbonyl (C=O) groups is 2. The Kier molecular flexibility index (Phi) is 5.69. The van der Waals surface area contributed by atoms with Crippen molar-refractivity contribution < 1.29 is 14.7 Å². The summed E-state index contributed by atoms with van der Waals surface area (Å²) in [5.74, 6) is -0.504. The number of benzene rings is 3. The van der Waals surface area contributed by atoms with E-state index < -0.39 is 5.97 Å². The van der Waals surface area contributed by atoms with E-state index in [2.05, 4.69) is 29.2 Å². The molecule has 4 heteroatoms. The van der Waals surface area contributed by atoms with Crippen molar-refractivity contribution in [3.63, 3.8) is 0 Å². The first kappa shape index (κ1) is 20.7. The maximum absolute atomic E-state index is 13.2. The molecule has 1 aliphatic carbocycles. The summed E-state index contributed by atoms with van der Waals surface area (Å²) in [7, 11) is 0. The second-order valence-corrected chi connectivity index (χ2v) is 9.21. The fourth-order valence-corrected chi connectivity index (χ4v) is 5.56. The summed E-state index contributed by atoms with van der Waals surface area (Å²) in [5.41, 5.74) is 3.59. The highest BCUT2D eigenvalue weighted by Crippen LogP contribution is 2.35. The molecule has 0 radical (unpaired) electrons. The van der Waals surface area contributed by atoms with Crippen LogP contribution < -0.4 is 0 Å². The van der Waals surface area contributed by atoms with Crippen molar-refractivity contribution in [1.29, 1.82) is 0 Å². The second-order valence-electron chi connectivity index (χ2n) is 9.21. The zero-order valence-corrected chi connectivity index (χ0v) is 18.3. The largest absolute Gasteiger partial charge is 0.478 e. The molecule has 1 aliphatic heterocycles. The third kappa shape index (κ3) is 3.90. The fraction of sp³-hybridized carbons (Fsp3) is 0.357. The number of likely N-dealkylation sites (tertiary alicyclic amines) is 1. The molecule has 3 aromatic rings. The summed E-state index contributed by atoms with van der Waals surface area (Å²) in [6.07, 6.45) is 7.85. The van der Waals surface area contributed by atoms with Crippen LogP contribution in [0, 0.1) is 5.92 Å². The van der Waals surface area contributed by atoms with Crippen molar-refractivity contribution >= 4 is 22.6 Å². The predicted molar refractivity (Wildman–Crippen MR) is 127 cm³/mol. The van der Waals surface area contributed by atoms with Gasteiger partial charge in [0.2, 0.25) is 5.91 Å². The van der Waals surface area contributed by atoms with Gasteiger partial charge >= 0.3 is 5.97 Å². The van der Waals surface area contributed by atoms with E-state index in [-0.39, 0.29) is 11.5 Å². The van der Waals surface area contributed by atoms with Crippen LogP contribution in [-0.2, 0) is 11.2 Å². The van der Waals surface area contributed by atoms with Gasteiger partial charge in [-0.2, -0.15) is 0 Å². The zero-order chi connectivity index (χ0) is 22.1. The number of fused-ring (bicyclic) bond motifs is 1. The van der Waals surface area contributed by atoms with Crippen LogP contribution in [0.4, 0.5) is 0 Å². The standard InChI is InChI=1S/C28H29NO3/c30-27-22(16-17-29(27)23-6-2-1-3-7-23)18-21-14-15-25(26-9-5-4-8-24(21)26)19-10-12-20(13-11-19)28(31)32/h4-5,8-15,22-23H,1-3,6-7,16-18H2,(H,31,32)/t22-/m0/s1. The number of amides is 1. The normalized spacial score (nSPS) is 19.6. The number of carboxylic acids is 1. The SMILES string of the molecule is O=C(O)c1ccc(-c2ccc(C[C@@H]3CCN(C4CCCCC4)C3=O)c3ccccc23)cc1. The Bertz CT molecular complexity index is 1150. The van der Waals surface area contributed by atoms with Gasteiger partial charge in [0.1, 0.15) is 0 Å².